The molecular weight excluding hydrogens is 384 g/mol. The van der Waals surface area contributed by atoms with Crippen molar-refractivity contribution < 1.29 is 8.42 Å². The van der Waals surface area contributed by atoms with E-state index < -0.39 is 10.0 Å². The average Bonchev–Trinajstić information content (AvgIpc) is 3.28. The second-order valence-corrected chi connectivity index (χ2v) is 8.40. The quantitative estimate of drug-likeness (QED) is 0.502. The van der Waals surface area contributed by atoms with Gasteiger partial charge in [0.1, 0.15) is 6.07 Å². The number of nitriles is 1. The number of unbranched alkanes of at least 4 members (excludes halogenated alkanes) is 3. The SMILES string of the molecule is N#Cc1ccccc1S(=O)(=O)NCCCCCCNc1nsc2nccn12. The molecule has 3 aromatic rings. The van der Waals surface area contributed by atoms with Crippen LogP contribution in [0.2, 0.25) is 0 Å². The summed E-state index contributed by atoms with van der Waals surface area (Å²) in [5, 5.41) is 12.3. The lowest BCUT2D eigenvalue weighted by Gasteiger charge is -2.08. The molecule has 0 saturated heterocycles. The Bertz CT molecular complexity index is 1040. The molecule has 0 saturated carbocycles. The Morgan fingerprint density at radius 2 is 1.93 bits per heavy atom. The molecule has 2 aromatic heterocycles. The molecular formula is C17H20N6O2S2. The molecule has 8 nitrogen and oxygen atoms in total. The predicted molar refractivity (Wildman–Crippen MR) is 104 cm³/mol. The summed E-state index contributed by atoms with van der Waals surface area (Å²) in [4.78, 5) is 5.07. The third-order valence-corrected chi connectivity index (χ3v) is 6.27. The van der Waals surface area contributed by atoms with Gasteiger partial charge >= 0.3 is 0 Å². The van der Waals surface area contributed by atoms with Crippen LogP contribution in [-0.4, -0.2) is 35.3 Å². The summed E-state index contributed by atoms with van der Waals surface area (Å²) in [5.41, 5.74) is 0.158. The molecule has 0 radical (unpaired) electrons. The van der Waals surface area contributed by atoms with Crippen molar-refractivity contribution in [3.63, 3.8) is 0 Å². The van der Waals surface area contributed by atoms with Crippen molar-refractivity contribution >= 4 is 32.5 Å². The van der Waals surface area contributed by atoms with E-state index in [0.29, 0.717) is 6.54 Å². The first-order valence-electron chi connectivity index (χ1n) is 8.63. The maximum absolute atomic E-state index is 12.3. The Morgan fingerprint density at radius 3 is 2.74 bits per heavy atom. The molecule has 0 bridgehead atoms. The summed E-state index contributed by atoms with van der Waals surface area (Å²) < 4.78 is 33.3. The summed E-state index contributed by atoms with van der Waals surface area (Å²) in [6.07, 6.45) is 7.24. The van der Waals surface area contributed by atoms with Crippen molar-refractivity contribution in [2.45, 2.75) is 30.6 Å². The van der Waals surface area contributed by atoms with Crippen LogP contribution >= 0.6 is 11.5 Å². The first-order chi connectivity index (χ1) is 13.1. The van der Waals surface area contributed by atoms with Crippen LogP contribution in [0.3, 0.4) is 0 Å². The lowest BCUT2D eigenvalue weighted by Crippen LogP contribution is -2.25. The highest BCUT2D eigenvalue weighted by molar-refractivity contribution is 7.89. The van der Waals surface area contributed by atoms with Crippen LogP contribution < -0.4 is 10.0 Å². The Morgan fingerprint density at radius 1 is 1.15 bits per heavy atom. The maximum atomic E-state index is 12.3. The number of sulfonamides is 1. The fourth-order valence-corrected chi connectivity index (χ4v) is 4.54. The lowest BCUT2D eigenvalue weighted by atomic mass is 10.2. The third kappa shape index (κ3) is 4.82. The highest BCUT2D eigenvalue weighted by Crippen LogP contribution is 2.15. The minimum atomic E-state index is -3.65. The fraction of sp³-hybridized carbons (Fsp3) is 0.353. The smallest absolute Gasteiger partial charge is 0.241 e. The second kappa shape index (κ2) is 8.94. The van der Waals surface area contributed by atoms with Gasteiger partial charge < -0.3 is 5.32 Å². The monoisotopic (exact) mass is 404 g/mol. The van der Waals surface area contributed by atoms with Crippen LogP contribution in [0.1, 0.15) is 31.2 Å². The Kier molecular flexibility index (Phi) is 6.39. The van der Waals surface area contributed by atoms with E-state index in [2.05, 4.69) is 19.4 Å². The molecule has 0 atom stereocenters. The largest absolute Gasteiger partial charge is 0.355 e. The maximum Gasteiger partial charge on any atom is 0.241 e. The van der Waals surface area contributed by atoms with Gasteiger partial charge in [0.2, 0.25) is 20.9 Å². The second-order valence-electron chi connectivity index (χ2n) is 5.93. The highest BCUT2D eigenvalue weighted by Gasteiger charge is 2.17. The van der Waals surface area contributed by atoms with E-state index in [9.17, 15) is 8.42 Å². The molecule has 1 aromatic carbocycles. The van der Waals surface area contributed by atoms with Crippen LogP contribution in [0.4, 0.5) is 5.95 Å². The van der Waals surface area contributed by atoms with Gasteiger partial charge in [-0.25, -0.2) is 18.1 Å². The Hall–Kier alpha value is -2.48. The van der Waals surface area contributed by atoms with E-state index >= 15 is 0 Å². The number of fused-ring (bicyclic) bond motifs is 1. The fourth-order valence-electron chi connectivity index (χ4n) is 2.65. The zero-order valence-corrected chi connectivity index (χ0v) is 16.3. The van der Waals surface area contributed by atoms with Crippen molar-refractivity contribution in [3.8, 4) is 6.07 Å². The van der Waals surface area contributed by atoms with Crippen molar-refractivity contribution in [1.29, 1.82) is 5.26 Å². The minimum Gasteiger partial charge on any atom is -0.355 e. The zero-order valence-electron chi connectivity index (χ0n) is 14.6. The molecule has 0 amide bonds. The molecule has 0 aliphatic rings. The van der Waals surface area contributed by atoms with Crippen LogP contribution in [0.5, 0.6) is 0 Å². The molecule has 0 aliphatic carbocycles. The topological polar surface area (TPSA) is 112 Å². The van der Waals surface area contributed by atoms with Crippen molar-refractivity contribution in [1.82, 2.24) is 18.5 Å². The van der Waals surface area contributed by atoms with Crippen LogP contribution in [-0.2, 0) is 10.0 Å². The first kappa shape index (κ1) is 19.3. The number of hydrogen-bond acceptors (Lipinski definition) is 7. The normalized spacial score (nSPS) is 11.5. The predicted octanol–water partition coefficient (Wildman–Crippen LogP) is 2.61. The molecule has 0 unspecified atom stereocenters. The number of hydrogen-bond donors (Lipinski definition) is 2. The Labute approximate surface area is 162 Å². The van der Waals surface area contributed by atoms with E-state index in [1.807, 2.05) is 16.7 Å². The number of nitrogens with one attached hydrogen (secondary N) is 2. The Balaban J connectivity index is 1.33. The summed E-state index contributed by atoms with van der Waals surface area (Å²) in [7, 11) is -3.65. The molecule has 3 rings (SSSR count). The molecule has 142 valence electrons. The summed E-state index contributed by atoms with van der Waals surface area (Å²) in [5.74, 6) is 0.802. The molecule has 2 heterocycles. The summed E-state index contributed by atoms with van der Waals surface area (Å²) >= 11 is 1.35. The summed E-state index contributed by atoms with van der Waals surface area (Å²) in [6, 6.07) is 8.12. The molecule has 27 heavy (non-hydrogen) atoms. The molecule has 2 N–H and O–H groups in total. The summed E-state index contributed by atoms with van der Waals surface area (Å²) in [6.45, 7) is 1.16. The van der Waals surface area contributed by atoms with Crippen molar-refractivity contribution in [2.24, 2.45) is 0 Å². The third-order valence-electron chi connectivity index (χ3n) is 4.02. The number of aromatic nitrogens is 3. The molecule has 0 fully saturated rings. The van der Waals surface area contributed by atoms with E-state index in [0.717, 1.165) is 43.1 Å². The van der Waals surface area contributed by atoms with Gasteiger partial charge in [0, 0.05) is 37.0 Å². The minimum absolute atomic E-state index is 0.0331. The van der Waals surface area contributed by atoms with E-state index in [4.69, 9.17) is 5.26 Å². The number of benzene rings is 1. The van der Waals surface area contributed by atoms with Gasteiger partial charge in [0.05, 0.1) is 10.5 Å². The van der Waals surface area contributed by atoms with Gasteiger partial charge in [-0.3, -0.25) is 4.40 Å². The lowest BCUT2D eigenvalue weighted by molar-refractivity contribution is 0.572. The van der Waals surface area contributed by atoms with Gasteiger partial charge in [-0.05, 0) is 25.0 Å². The van der Waals surface area contributed by atoms with Crippen LogP contribution in [0.15, 0.2) is 41.6 Å². The highest BCUT2D eigenvalue weighted by atomic mass is 32.2. The molecule has 0 aliphatic heterocycles. The van der Waals surface area contributed by atoms with Gasteiger partial charge in [0.15, 0.2) is 0 Å². The number of rotatable bonds is 10. The number of nitrogens with zero attached hydrogens (tertiary/aromatic N) is 4. The standard InChI is InChI=1S/C17H20N6O2S2/c18-13-14-7-3-4-8-15(14)27(24,25)21-10-6-2-1-5-9-19-16-22-26-17-20-11-12-23(16)17/h3-4,7-8,11-12,21H,1-2,5-6,9-10H2,(H,19,22). The zero-order chi connectivity index (χ0) is 19.1. The van der Waals surface area contributed by atoms with E-state index in [1.54, 1.807) is 18.3 Å². The van der Waals surface area contributed by atoms with Crippen LogP contribution in [0, 0.1) is 11.3 Å². The van der Waals surface area contributed by atoms with Crippen molar-refractivity contribution in [3.05, 3.63) is 42.2 Å². The van der Waals surface area contributed by atoms with Crippen molar-refractivity contribution in [2.75, 3.05) is 18.4 Å². The van der Waals surface area contributed by atoms with E-state index in [-0.39, 0.29) is 10.5 Å². The van der Waals surface area contributed by atoms with E-state index in [1.165, 1.54) is 23.7 Å². The van der Waals surface area contributed by atoms with Gasteiger partial charge in [-0.15, -0.1) is 0 Å². The average molecular weight is 405 g/mol. The number of anilines is 1. The number of imidazole rings is 1. The van der Waals surface area contributed by atoms with Gasteiger partial charge in [0.25, 0.3) is 0 Å². The van der Waals surface area contributed by atoms with Crippen LogP contribution in [0.25, 0.3) is 4.96 Å². The first-order valence-corrected chi connectivity index (χ1v) is 10.9. The van der Waals surface area contributed by atoms with Gasteiger partial charge in [-0.1, -0.05) is 25.0 Å². The van der Waals surface area contributed by atoms with Gasteiger partial charge in [-0.2, -0.15) is 9.64 Å². The molecule has 0 spiro atoms. The molecule has 10 heteroatoms.